The highest BCUT2D eigenvalue weighted by molar-refractivity contribution is 5.29. The van der Waals surface area contributed by atoms with Crippen LogP contribution in [0.2, 0.25) is 0 Å². The Morgan fingerprint density at radius 3 is 2.45 bits per heavy atom. The predicted molar refractivity (Wildman–Crippen MR) is 79.9 cm³/mol. The molecule has 0 aromatic carbocycles. The summed E-state index contributed by atoms with van der Waals surface area (Å²) in [4.78, 5) is 13.2. The summed E-state index contributed by atoms with van der Waals surface area (Å²) >= 11 is 0. The third kappa shape index (κ3) is 3.88. The number of hydrogen-bond acceptors (Lipinski definition) is 6. The summed E-state index contributed by atoms with van der Waals surface area (Å²) in [5, 5.41) is 12.6. The molecule has 1 unspecified atom stereocenters. The molecule has 1 aromatic rings. The zero-order chi connectivity index (χ0) is 14.4. The van der Waals surface area contributed by atoms with Crippen molar-refractivity contribution < 1.29 is 5.11 Å². The SMILES string of the molecule is CNC(C)(CO)CCN1CCN(c2ncccn2)CC1. The van der Waals surface area contributed by atoms with E-state index in [0.717, 1.165) is 45.1 Å². The molecule has 0 radical (unpaired) electrons. The first kappa shape index (κ1) is 15.2. The molecule has 6 nitrogen and oxygen atoms in total. The van der Waals surface area contributed by atoms with Crippen LogP contribution in [-0.2, 0) is 0 Å². The van der Waals surface area contributed by atoms with E-state index in [1.165, 1.54) is 0 Å². The molecule has 1 saturated heterocycles. The summed E-state index contributed by atoms with van der Waals surface area (Å²) in [6.07, 6.45) is 4.52. The monoisotopic (exact) mass is 279 g/mol. The zero-order valence-electron chi connectivity index (χ0n) is 12.4. The Morgan fingerprint density at radius 2 is 1.90 bits per heavy atom. The molecule has 1 fully saturated rings. The van der Waals surface area contributed by atoms with E-state index in [2.05, 4.69) is 32.0 Å². The van der Waals surface area contributed by atoms with E-state index in [-0.39, 0.29) is 12.1 Å². The van der Waals surface area contributed by atoms with E-state index in [9.17, 15) is 5.11 Å². The maximum Gasteiger partial charge on any atom is 0.225 e. The average Bonchev–Trinajstić information content (AvgIpc) is 2.54. The molecule has 1 aromatic heterocycles. The largest absolute Gasteiger partial charge is 0.394 e. The van der Waals surface area contributed by atoms with Crippen molar-refractivity contribution in [2.24, 2.45) is 0 Å². The van der Waals surface area contributed by atoms with Gasteiger partial charge in [0.15, 0.2) is 0 Å². The molecular weight excluding hydrogens is 254 g/mol. The van der Waals surface area contributed by atoms with Gasteiger partial charge in [-0.15, -0.1) is 0 Å². The maximum atomic E-state index is 9.40. The molecule has 6 heteroatoms. The first-order chi connectivity index (χ1) is 9.67. The topological polar surface area (TPSA) is 64.5 Å². The number of anilines is 1. The Morgan fingerprint density at radius 1 is 1.25 bits per heavy atom. The lowest BCUT2D eigenvalue weighted by molar-refractivity contribution is 0.149. The van der Waals surface area contributed by atoms with Crippen LogP contribution in [0.1, 0.15) is 13.3 Å². The van der Waals surface area contributed by atoms with Crippen LogP contribution in [0.25, 0.3) is 0 Å². The van der Waals surface area contributed by atoms with Crippen molar-refractivity contribution in [2.75, 3.05) is 51.3 Å². The van der Waals surface area contributed by atoms with E-state index in [0.29, 0.717) is 0 Å². The Bertz CT molecular complexity index is 388. The van der Waals surface area contributed by atoms with Gasteiger partial charge >= 0.3 is 0 Å². The van der Waals surface area contributed by atoms with Gasteiger partial charge in [0.05, 0.1) is 6.61 Å². The standard InChI is InChI=1S/C14H25N5O/c1-14(12-20,15-2)4-7-18-8-10-19(11-9-18)13-16-5-3-6-17-13/h3,5-6,15,20H,4,7-12H2,1-2H3. The third-order valence-corrected chi connectivity index (χ3v) is 4.14. The molecule has 20 heavy (non-hydrogen) atoms. The lowest BCUT2D eigenvalue weighted by atomic mass is 9.99. The van der Waals surface area contributed by atoms with Crippen LogP contribution in [0.15, 0.2) is 18.5 Å². The van der Waals surface area contributed by atoms with Crippen molar-refractivity contribution in [3.63, 3.8) is 0 Å². The van der Waals surface area contributed by atoms with Gasteiger partial charge in [0.1, 0.15) is 0 Å². The fourth-order valence-electron chi connectivity index (χ4n) is 2.31. The van der Waals surface area contributed by atoms with E-state index >= 15 is 0 Å². The van der Waals surface area contributed by atoms with Gasteiger partial charge in [0, 0.05) is 50.7 Å². The summed E-state index contributed by atoms with van der Waals surface area (Å²) in [5.74, 6) is 0.822. The molecule has 1 atom stereocenters. The lowest BCUT2D eigenvalue weighted by Gasteiger charge is -2.36. The van der Waals surface area contributed by atoms with Crippen LogP contribution in [-0.4, -0.2) is 71.9 Å². The van der Waals surface area contributed by atoms with Crippen molar-refractivity contribution in [2.45, 2.75) is 18.9 Å². The molecule has 2 N–H and O–H groups in total. The van der Waals surface area contributed by atoms with E-state index in [1.54, 1.807) is 12.4 Å². The van der Waals surface area contributed by atoms with Crippen LogP contribution in [0.5, 0.6) is 0 Å². The van der Waals surface area contributed by atoms with E-state index < -0.39 is 0 Å². The van der Waals surface area contributed by atoms with Gasteiger partial charge in [-0.1, -0.05) is 0 Å². The van der Waals surface area contributed by atoms with Gasteiger partial charge in [0.25, 0.3) is 0 Å². The summed E-state index contributed by atoms with van der Waals surface area (Å²) in [6, 6.07) is 1.84. The quantitative estimate of drug-likeness (QED) is 0.762. The fourth-order valence-corrected chi connectivity index (χ4v) is 2.31. The van der Waals surface area contributed by atoms with Gasteiger partial charge in [-0.25, -0.2) is 9.97 Å². The second-order valence-corrected chi connectivity index (χ2v) is 5.60. The number of aliphatic hydroxyl groups excluding tert-OH is 1. The normalized spacial score (nSPS) is 19.9. The third-order valence-electron chi connectivity index (χ3n) is 4.14. The van der Waals surface area contributed by atoms with E-state index in [1.807, 2.05) is 13.1 Å². The molecule has 0 spiro atoms. The highest BCUT2D eigenvalue weighted by atomic mass is 16.3. The van der Waals surface area contributed by atoms with Crippen LogP contribution in [0, 0.1) is 0 Å². The second-order valence-electron chi connectivity index (χ2n) is 5.60. The first-order valence-electron chi connectivity index (χ1n) is 7.21. The molecular formula is C14H25N5O. The minimum absolute atomic E-state index is 0.168. The van der Waals surface area contributed by atoms with Crippen LogP contribution >= 0.6 is 0 Å². The number of rotatable bonds is 6. The van der Waals surface area contributed by atoms with Crippen molar-refractivity contribution >= 4 is 5.95 Å². The second kappa shape index (κ2) is 6.97. The van der Waals surface area contributed by atoms with Crippen LogP contribution < -0.4 is 10.2 Å². The number of piperazine rings is 1. The van der Waals surface area contributed by atoms with Gasteiger partial charge in [-0.3, -0.25) is 4.90 Å². The summed E-state index contributed by atoms with van der Waals surface area (Å²) in [7, 11) is 1.90. The number of aromatic nitrogens is 2. The van der Waals surface area contributed by atoms with Crippen molar-refractivity contribution in [3.05, 3.63) is 18.5 Å². The molecule has 0 aliphatic carbocycles. The molecule has 0 saturated carbocycles. The molecule has 0 bridgehead atoms. The Hall–Kier alpha value is -1.24. The van der Waals surface area contributed by atoms with Gasteiger partial charge in [0.2, 0.25) is 5.95 Å². The molecule has 1 aliphatic rings. The minimum Gasteiger partial charge on any atom is -0.394 e. The first-order valence-corrected chi connectivity index (χ1v) is 7.21. The van der Waals surface area contributed by atoms with Crippen LogP contribution in [0.3, 0.4) is 0 Å². The highest BCUT2D eigenvalue weighted by Gasteiger charge is 2.24. The van der Waals surface area contributed by atoms with Crippen molar-refractivity contribution in [1.29, 1.82) is 0 Å². The average molecular weight is 279 g/mol. The molecule has 2 heterocycles. The number of hydrogen-bond donors (Lipinski definition) is 2. The molecule has 112 valence electrons. The Kier molecular flexibility index (Phi) is 5.28. The number of nitrogens with zero attached hydrogens (tertiary/aromatic N) is 4. The summed E-state index contributed by atoms with van der Waals surface area (Å²) in [6.45, 7) is 7.18. The van der Waals surface area contributed by atoms with Crippen LogP contribution in [0.4, 0.5) is 5.95 Å². The molecule has 1 aliphatic heterocycles. The lowest BCUT2D eigenvalue weighted by Crippen LogP contribution is -2.50. The van der Waals surface area contributed by atoms with Gasteiger partial charge in [-0.05, 0) is 26.5 Å². The number of nitrogens with one attached hydrogen (secondary N) is 1. The van der Waals surface area contributed by atoms with Gasteiger partial charge in [-0.2, -0.15) is 0 Å². The van der Waals surface area contributed by atoms with Crippen molar-refractivity contribution in [1.82, 2.24) is 20.2 Å². The minimum atomic E-state index is -0.181. The predicted octanol–water partition coefficient (Wildman–Crippen LogP) is -0.0409. The van der Waals surface area contributed by atoms with Crippen molar-refractivity contribution in [3.8, 4) is 0 Å². The summed E-state index contributed by atoms with van der Waals surface area (Å²) in [5.41, 5.74) is -0.181. The smallest absolute Gasteiger partial charge is 0.225 e. The number of aliphatic hydroxyl groups is 1. The Balaban J connectivity index is 1.77. The molecule has 0 amide bonds. The fraction of sp³-hybridized carbons (Fsp3) is 0.714. The summed E-state index contributed by atoms with van der Waals surface area (Å²) < 4.78 is 0. The van der Waals surface area contributed by atoms with Gasteiger partial charge < -0.3 is 15.3 Å². The highest BCUT2D eigenvalue weighted by Crippen LogP contribution is 2.13. The Labute approximate surface area is 120 Å². The molecule has 2 rings (SSSR count). The number of likely N-dealkylation sites (N-methyl/N-ethyl adjacent to an activating group) is 1. The maximum absolute atomic E-state index is 9.40. The van der Waals surface area contributed by atoms with E-state index in [4.69, 9.17) is 0 Å². The zero-order valence-corrected chi connectivity index (χ0v) is 12.4.